The van der Waals surface area contributed by atoms with Crippen LogP contribution in [-0.2, 0) is 7.05 Å². The fourth-order valence-corrected chi connectivity index (χ4v) is 0.551. The molecule has 0 saturated carbocycles. The predicted octanol–water partition coefficient (Wildman–Crippen LogP) is 0.650. The molecule has 42 valence electrons. The monoisotopic (exact) mass is 112 g/mol. The van der Waals surface area contributed by atoms with Gasteiger partial charge in [0.1, 0.15) is 7.05 Å². The lowest BCUT2D eigenvalue weighted by Gasteiger charge is -1.82. The third-order valence-electron chi connectivity index (χ3n) is 0.904. The SMILES string of the molecule is C[n+]1cccc(F)c1. The lowest BCUT2D eigenvalue weighted by molar-refractivity contribution is -0.673. The van der Waals surface area contributed by atoms with E-state index in [-0.39, 0.29) is 5.82 Å². The molecule has 0 atom stereocenters. The lowest BCUT2D eigenvalue weighted by Crippen LogP contribution is -2.26. The van der Waals surface area contributed by atoms with Crippen molar-refractivity contribution in [3.63, 3.8) is 0 Å². The minimum Gasteiger partial charge on any atom is -0.205 e. The van der Waals surface area contributed by atoms with Gasteiger partial charge in [-0.2, -0.15) is 0 Å². The summed E-state index contributed by atoms with van der Waals surface area (Å²) in [5.74, 6) is -0.199. The zero-order valence-corrected chi connectivity index (χ0v) is 4.63. The van der Waals surface area contributed by atoms with Gasteiger partial charge in [0.25, 0.3) is 0 Å². The Kier molecular flexibility index (Phi) is 1.24. The highest BCUT2D eigenvalue weighted by Crippen LogP contribution is 1.86. The Bertz CT molecular complexity index is 168. The van der Waals surface area contributed by atoms with E-state index in [0.717, 1.165) is 0 Å². The summed E-state index contributed by atoms with van der Waals surface area (Å²) in [4.78, 5) is 0. The number of nitrogens with zero attached hydrogens (tertiary/aromatic N) is 1. The van der Waals surface area contributed by atoms with Gasteiger partial charge in [-0.15, -0.1) is 0 Å². The third kappa shape index (κ3) is 1.03. The van der Waals surface area contributed by atoms with Gasteiger partial charge in [0.05, 0.1) is 0 Å². The normalized spacial score (nSPS) is 9.25. The molecule has 0 radical (unpaired) electrons. The Hall–Kier alpha value is -0.920. The van der Waals surface area contributed by atoms with Crippen molar-refractivity contribution in [3.05, 3.63) is 30.3 Å². The van der Waals surface area contributed by atoms with Crippen molar-refractivity contribution in [1.82, 2.24) is 0 Å². The molecule has 0 aliphatic rings. The predicted molar refractivity (Wildman–Crippen MR) is 27.6 cm³/mol. The fourth-order valence-electron chi connectivity index (χ4n) is 0.551. The van der Waals surface area contributed by atoms with E-state index in [1.807, 2.05) is 0 Å². The quantitative estimate of drug-likeness (QED) is 0.434. The highest BCUT2D eigenvalue weighted by Gasteiger charge is 1.91. The Morgan fingerprint density at radius 1 is 1.62 bits per heavy atom. The first kappa shape index (κ1) is 5.22. The Morgan fingerprint density at radius 2 is 2.38 bits per heavy atom. The van der Waals surface area contributed by atoms with Crippen LogP contribution in [0.1, 0.15) is 0 Å². The van der Waals surface area contributed by atoms with Gasteiger partial charge >= 0.3 is 0 Å². The molecule has 0 bridgehead atoms. The van der Waals surface area contributed by atoms with E-state index in [1.54, 1.807) is 23.9 Å². The minimum absolute atomic E-state index is 0.199. The topological polar surface area (TPSA) is 3.88 Å². The third-order valence-corrected chi connectivity index (χ3v) is 0.904. The van der Waals surface area contributed by atoms with Crippen molar-refractivity contribution in [2.24, 2.45) is 7.05 Å². The van der Waals surface area contributed by atoms with Crippen molar-refractivity contribution in [3.8, 4) is 0 Å². The number of hydrogen-bond acceptors (Lipinski definition) is 0. The molecule has 1 aromatic heterocycles. The molecular weight excluding hydrogens is 105 g/mol. The Labute approximate surface area is 47.4 Å². The maximum absolute atomic E-state index is 12.1. The van der Waals surface area contributed by atoms with Crippen LogP contribution < -0.4 is 4.57 Å². The van der Waals surface area contributed by atoms with E-state index < -0.39 is 0 Å². The largest absolute Gasteiger partial charge is 0.205 e. The molecule has 0 aromatic carbocycles. The van der Waals surface area contributed by atoms with Gasteiger partial charge in [0.15, 0.2) is 12.0 Å². The van der Waals surface area contributed by atoms with E-state index in [4.69, 9.17) is 0 Å². The number of hydrogen-bond donors (Lipinski definition) is 0. The van der Waals surface area contributed by atoms with E-state index >= 15 is 0 Å². The number of aromatic nitrogens is 1. The number of rotatable bonds is 0. The number of aryl methyl sites for hydroxylation is 1. The average Bonchev–Trinajstić information content (AvgIpc) is 1.64. The second-order valence-electron chi connectivity index (χ2n) is 1.69. The molecule has 8 heavy (non-hydrogen) atoms. The highest BCUT2D eigenvalue weighted by atomic mass is 19.1. The van der Waals surface area contributed by atoms with Crippen molar-refractivity contribution in [2.45, 2.75) is 0 Å². The molecule has 0 N–H and O–H groups in total. The van der Waals surface area contributed by atoms with E-state index in [2.05, 4.69) is 0 Å². The molecule has 0 spiro atoms. The van der Waals surface area contributed by atoms with Crippen molar-refractivity contribution in [2.75, 3.05) is 0 Å². The van der Waals surface area contributed by atoms with Crippen LogP contribution in [0.15, 0.2) is 24.5 Å². The summed E-state index contributed by atoms with van der Waals surface area (Å²) in [6, 6.07) is 3.08. The maximum atomic E-state index is 12.1. The molecule has 0 aliphatic heterocycles. The van der Waals surface area contributed by atoms with Crippen LogP contribution in [0.2, 0.25) is 0 Å². The molecule has 0 unspecified atom stereocenters. The summed E-state index contributed by atoms with van der Waals surface area (Å²) in [6.45, 7) is 0. The van der Waals surface area contributed by atoms with Gasteiger partial charge in [0.2, 0.25) is 6.20 Å². The molecule has 1 heterocycles. The van der Waals surface area contributed by atoms with Gasteiger partial charge < -0.3 is 0 Å². The standard InChI is InChI=1S/C6H7FN/c1-8-4-2-3-6(7)5-8/h2-5H,1H3/q+1. The van der Waals surface area contributed by atoms with Crippen LogP contribution in [-0.4, -0.2) is 0 Å². The van der Waals surface area contributed by atoms with Gasteiger partial charge in [0, 0.05) is 6.07 Å². The van der Waals surface area contributed by atoms with Crippen LogP contribution >= 0.6 is 0 Å². The second kappa shape index (κ2) is 1.90. The van der Waals surface area contributed by atoms with Gasteiger partial charge in [-0.3, -0.25) is 0 Å². The molecule has 0 amide bonds. The van der Waals surface area contributed by atoms with Gasteiger partial charge in [-0.25, -0.2) is 8.96 Å². The first-order valence-electron chi connectivity index (χ1n) is 2.40. The first-order chi connectivity index (χ1) is 3.79. The van der Waals surface area contributed by atoms with Crippen molar-refractivity contribution in [1.29, 1.82) is 0 Å². The summed E-state index contributed by atoms with van der Waals surface area (Å²) in [6.07, 6.45) is 3.20. The van der Waals surface area contributed by atoms with Crippen LogP contribution in [0, 0.1) is 5.82 Å². The summed E-state index contributed by atoms with van der Waals surface area (Å²) in [5.41, 5.74) is 0. The summed E-state index contributed by atoms with van der Waals surface area (Å²) in [5, 5.41) is 0. The molecule has 1 aromatic rings. The smallest absolute Gasteiger partial charge is 0.204 e. The molecule has 0 saturated heterocycles. The van der Waals surface area contributed by atoms with E-state index in [9.17, 15) is 4.39 Å². The second-order valence-corrected chi connectivity index (χ2v) is 1.69. The molecule has 0 aliphatic carbocycles. The van der Waals surface area contributed by atoms with E-state index in [0.29, 0.717) is 0 Å². The van der Waals surface area contributed by atoms with Gasteiger partial charge in [-0.05, 0) is 6.07 Å². The van der Waals surface area contributed by atoms with E-state index in [1.165, 1.54) is 12.3 Å². The first-order valence-corrected chi connectivity index (χ1v) is 2.40. The summed E-state index contributed by atoms with van der Waals surface area (Å²) < 4.78 is 13.8. The van der Waals surface area contributed by atoms with Crippen molar-refractivity contribution >= 4 is 0 Å². The zero-order valence-electron chi connectivity index (χ0n) is 4.63. The van der Waals surface area contributed by atoms with Crippen LogP contribution in [0.3, 0.4) is 0 Å². The zero-order chi connectivity index (χ0) is 5.98. The van der Waals surface area contributed by atoms with Gasteiger partial charge in [-0.1, -0.05) is 0 Å². The summed E-state index contributed by atoms with van der Waals surface area (Å²) >= 11 is 0. The maximum Gasteiger partial charge on any atom is 0.204 e. The molecule has 2 heteroatoms. The fraction of sp³-hybridized carbons (Fsp3) is 0.167. The summed E-state index contributed by atoms with van der Waals surface area (Å²) in [7, 11) is 1.78. The molecular formula is C6H7FN+. The average molecular weight is 112 g/mol. The molecule has 1 nitrogen and oxygen atoms in total. The van der Waals surface area contributed by atoms with Crippen LogP contribution in [0.25, 0.3) is 0 Å². The lowest BCUT2D eigenvalue weighted by atomic mass is 10.5. The minimum atomic E-state index is -0.199. The number of pyridine rings is 1. The molecule has 1 rings (SSSR count). The Morgan fingerprint density at radius 3 is 2.75 bits per heavy atom. The van der Waals surface area contributed by atoms with Crippen molar-refractivity contribution < 1.29 is 8.96 Å². The molecule has 0 fully saturated rings. The highest BCUT2D eigenvalue weighted by molar-refractivity contribution is 4.87. The Balaban J connectivity index is 3.08. The van der Waals surface area contributed by atoms with Crippen LogP contribution in [0.5, 0.6) is 0 Å². The van der Waals surface area contributed by atoms with Crippen LogP contribution in [0.4, 0.5) is 4.39 Å². The number of halogens is 1.